The molecule has 1 fully saturated rings. The number of alkyl halides is 1. The number of nitrogens with zero attached hydrogens (tertiary/aromatic N) is 1. The van der Waals surface area contributed by atoms with Gasteiger partial charge in [0, 0.05) is 22.4 Å². The second-order valence-corrected chi connectivity index (χ2v) is 8.79. The molecule has 1 heterocycles. The topological polar surface area (TPSA) is 37.4 Å². The summed E-state index contributed by atoms with van der Waals surface area (Å²) in [5.41, 5.74) is 0. The zero-order valence-electron chi connectivity index (χ0n) is 10.9. The zero-order chi connectivity index (χ0) is 14.8. The molecule has 0 spiro atoms. The second kappa shape index (κ2) is 7.09. The van der Waals surface area contributed by atoms with Gasteiger partial charge in [-0.2, -0.15) is 4.31 Å². The molecule has 0 saturated carbocycles. The summed E-state index contributed by atoms with van der Waals surface area (Å²) < 4.78 is 27.9. The Morgan fingerprint density at radius 3 is 2.80 bits per heavy atom. The molecule has 0 bridgehead atoms. The van der Waals surface area contributed by atoms with E-state index in [9.17, 15) is 8.42 Å². The summed E-state index contributed by atoms with van der Waals surface area (Å²) >= 11 is 12.8. The lowest BCUT2D eigenvalue weighted by Gasteiger charge is -2.24. The average Bonchev–Trinajstić information content (AvgIpc) is 2.84. The van der Waals surface area contributed by atoms with Crippen molar-refractivity contribution in [2.75, 3.05) is 11.9 Å². The van der Waals surface area contributed by atoms with Gasteiger partial charge in [-0.3, -0.25) is 0 Å². The minimum atomic E-state index is -3.50. The van der Waals surface area contributed by atoms with Crippen LogP contribution in [0, 0.1) is 0 Å². The maximum absolute atomic E-state index is 12.8. The Labute approximate surface area is 142 Å². The largest absolute Gasteiger partial charge is 0.244 e. The molecule has 0 amide bonds. The molecule has 1 atom stereocenters. The van der Waals surface area contributed by atoms with Crippen LogP contribution in [0.5, 0.6) is 0 Å². The van der Waals surface area contributed by atoms with Gasteiger partial charge in [-0.05, 0) is 43.9 Å². The minimum absolute atomic E-state index is 0.0947. The first-order valence-corrected chi connectivity index (χ1v) is 10.2. The van der Waals surface area contributed by atoms with Gasteiger partial charge in [-0.15, -0.1) is 0 Å². The molecule has 3 nitrogen and oxygen atoms in total. The SMILES string of the molecule is O=S(=O)(c1ccc(Br)cc1Cl)N1CCCC1CCCBr. The first-order chi connectivity index (χ1) is 9.46. The Morgan fingerprint density at radius 1 is 1.40 bits per heavy atom. The van der Waals surface area contributed by atoms with E-state index in [2.05, 4.69) is 31.9 Å². The summed E-state index contributed by atoms with van der Waals surface area (Å²) in [7, 11) is -3.50. The van der Waals surface area contributed by atoms with Crippen molar-refractivity contribution < 1.29 is 8.42 Å². The lowest BCUT2D eigenvalue weighted by Crippen LogP contribution is -2.35. The van der Waals surface area contributed by atoms with Crippen molar-refractivity contribution in [2.45, 2.75) is 36.6 Å². The van der Waals surface area contributed by atoms with Gasteiger partial charge in [-0.1, -0.05) is 43.5 Å². The molecule has 0 N–H and O–H groups in total. The Bertz CT molecular complexity index is 580. The van der Waals surface area contributed by atoms with Crippen LogP contribution in [0.15, 0.2) is 27.6 Å². The van der Waals surface area contributed by atoms with Crippen LogP contribution in [-0.2, 0) is 10.0 Å². The van der Waals surface area contributed by atoms with E-state index in [0.29, 0.717) is 6.54 Å². The molecule has 20 heavy (non-hydrogen) atoms. The molecule has 1 aliphatic rings. The molecule has 7 heteroatoms. The number of hydrogen-bond acceptors (Lipinski definition) is 2. The molecule has 2 rings (SSSR count). The third-order valence-corrected chi connectivity index (χ3v) is 6.96. The number of sulfonamides is 1. The molecule has 1 saturated heterocycles. The summed E-state index contributed by atoms with van der Waals surface area (Å²) in [6.07, 6.45) is 3.71. The van der Waals surface area contributed by atoms with Crippen molar-refractivity contribution in [2.24, 2.45) is 0 Å². The van der Waals surface area contributed by atoms with Crippen LogP contribution in [0.1, 0.15) is 25.7 Å². The van der Waals surface area contributed by atoms with Gasteiger partial charge < -0.3 is 0 Å². The summed E-state index contributed by atoms with van der Waals surface area (Å²) in [5.74, 6) is 0. The van der Waals surface area contributed by atoms with E-state index in [1.54, 1.807) is 22.5 Å². The third-order valence-electron chi connectivity index (χ3n) is 3.47. The van der Waals surface area contributed by atoms with Crippen molar-refractivity contribution >= 4 is 53.5 Å². The standard InChI is InChI=1S/C13H16Br2ClNO2S/c14-7-1-3-11-4-2-8-17(11)20(18,19)13-6-5-10(15)9-12(13)16/h5-6,9,11H,1-4,7-8H2. The maximum atomic E-state index is 12.8. The highest BCUT2D eigenvalue weighted by Gasteiger charge is 2.35. The van der Waals surface area contributed by atoms with Gasteiger partial charge in [0.2, 0.25) is 10.0 Å². The lowest BCUT2D eigenvalue weighted by atomic mass is 10.1. The molecular weight excluding hydrogens is 429 g/mol. The van der Waals surface area contributed by atoms with Crippen molar-refractivity contribution in [3.63, 3.8) is 0 Å². The average molecular weight is 446 g/mol. The Morgan fingerprint density at radius 2 is 2.15 bits per heavy atom. The number of benzene rings is 1. The predicted molar refractivity (Wildman–Crippen MR) is 89.1 cm³/mol. The molecule has 0 aromatic heterocycles. The normalized spacial score (nSPS) is 20.4. The van der Waals surface area contributed by atoms with Crippen molar-refractivity contribution in [3.05, 3.63) is 27.7 Å². The lowest BCUT2D eigenvalue weighted by molar-refractivity contribution is 0.369. The fourth-order valence-electron chi connectivity index (χ4n) is 2.54. The van der Waals surface area contributed by atoms with Crippen LogP contribution in [0.3, 0.4) is 0 Å². The highest BCUT2D eigenvalue weighted by molar-refractivity contribution is 9.10. The van der Waals surface area contributed by atoms with Crippen molar-refractivity contribution in [1.82, 2.24) is 4.31 Å². The molecular formula is C13H16Br2ClNO2S. The van der Waals surface area contributed by atoms with Crippen molar-refractivity contribution in [1.29, 1.82) is 0 Å². The summed E-state index contributed by atoms with van der Waals surface area (Å²) in [4.78, 5) is 0.202. The van der Waals surface area contributed by atoms with Gasteiger partial charge in [0.05, 0.1) is 5.02 Å². The van der Waals surface area contributed by atoms with Gasteiger partial charge in [0.25, 0.3) is 0 Å². The van der Waals surface area contributed by atoms with Crippen LogP contribution < -0.4 is 0 Å². The first kappa shape index (κ1) is 16.7. The van der Waals surface area contributed by atoms with Crippen LogP contribution in [0.25, 0.3) is 0 Å². The van der Waals surface area contributed by atoms with Crippen LogP contribution in [0.4, 0.5) is 0 Å². The van der Waals surface area contributed by atoms with Crippen molar-refractivity contribution in [3.8, 4) is 0 Å². The van der Waals surface area contributed by atoms with Crippen LogP contribution in [-0.4, -0.2) is 30.6 Å². The second-order valence-electron chi connectivity index (χ2n) is 4.82. The number of hydrogen-bond donors (Lipinski definition) is 0. The van der Waals surface area contributed by atoms with Crippen LogP contribution in [0.2, 0.25) is 5.02 Å². The molecule has 112 valence electrons. The molecule has 1 aliphatic heterocycles. The Balaban J connectivity index is 2.29. The van der Waals surface area contributed by atoms with Gasteiger partial charge >= 0.3 is 0 Å². The summed E-state index contributed by atoms with van der Waals surface area (Å²) in [6, 6.07) is 5.00. The fraction of sp³-hybridized carbons (Fsp3) is 0.538. The number of rotatable bonds is 5. The van der Waals surface area contributed by atoms with Gasteiger partial charge in [0.1, 0.15) is 4.90 Å². The highest BCUT2D eigenvalue weighted by Crippen LogP contribution is 2.33. The van der Waals surface area contributed by atoms with E-state index >= 15 is 0 Å². The summed E-state index contributed by atoms with van der Waals surface area (Å²) in [5, 5.41) is 1.17. The molecule has 1 unspecified atom stereocenters. The quantitative estimate of drug-likeness (QED) is 0.629. The Kier molecular flexibility index (Phi) is 5.94. The summed E-state index contributed by atoms with van der Waals surface area (Å²) in [6.45, 7) is 0.585. The highest BCUT2D eigenvalue weighted by atomic mass is 79.9. The molecule has 0 aliphatic carbocycles. The van der Waals surface area contributed by atoms with E-state index in [-0.39, 0.29) is 16.0 Å². The zero-order valence-corrected chi connectivity index (χ0v) is 15.6. The van der Waals surface area contributed by atoms with Gasteiger partial charge in [0.15, 0.2) is 0 Å². The minimum Gasteiger partial charge on any atom is -0.207 e. The fourth-order valence-corrected chi connectivity index (χ4v) is 5.60. The third kappa shape index (κ3) is 3.58. The van der Waals surface area contributed by atoms with E-state index in [4.69, 9.17) is 11.6 Å². The van der Waals surface area contributed by atoms with E-state index in [1.807, 2.05) is 0 Å². The number of halogens is 3. The van der Waals surface area contributed by atoms with Gasteiger partial charge in [-0.25, -0.2) is 8.42 Å². The maximum Gasteiger partial charge on any atom is 0.244 e. The van der Waals surface area contributed by atoms with E-state index in [0.717, 1.165) is 35.5 Å². The van der Waals surface area contributed by atoms with E-state index < -0.39 is 10.0 Å². The molecule has 1 aromatic rings. The molecule has 0 radical (unpaired) electrons. The smallest absolute Gasteiger partial charge is 0.207 e. The van der Waals surface area contributed by atoms with Crippen LogP contribution >= 0.6 is 43.5 Å². The monoisotopic (exact) mass is 443 g/mol. The predicted octanol–water partition coefficient (Wildman–Crippen LogP) is 4.43. The molecule has 1 aromatic carbocycles. The van der Waals surface area contributed by atoms with E-state index in [1.165, 1.54) is 0 Å². The Hall–Kier alpha value is 0.380. The first-order valence-electron chi connectivity index (χ1n) is 6.49.